The monoisotopic (exact) mass is 287 g/mol. The lowest BCUT2D eigenvalue weighted by Crippen LogP contribution is -2.04. The molecule has 3 rings (SSSR count). The first-order chi connectivity index (χ1) is 10.2. The van der Waals surface area contributed by atoms with Crippen molar-refractivity contribution in [1.82, 2.24) is 9.97 Å². The summed E-state index contributed by atoms with van der Waals surface area (Å²) in [5, 5.41) is 3.19. The highest BCUT2D eigenvalue weighted by Crippen LogP contribution is 2.39. The Balaban J connectivity index is 1.87. The van der Waals surface area contributed by atoms with Crippen LogP contribution in [0.15, 0.2) is 24.3 Å². The van der Waals surface area contributed by atoms with Crippen molar-refractivity contribution in [1.29, 1.82) is 0 Å². The van der Waals surface area contributed by atoms with Gasteiger partial charge in [0.2, 0.25) is 5.88 Å². The van der Waals surface area contributed by atoms with E-state index < -0.39 is 0 Å². The summed E-state index contributed by atoms with van der Waals surface area (Å²) in [5.74, 6) is 2.87. The molecule has 0 spiro atoms. The number of aryl methyl sites for hydroxylation is 1. The predicted octanol–water partition coefficient (Wildman–Crippen LogP) is 4.03. The maximum atomic E-state index is 13.3. The summed E-state index contributed by atoms with van der Waals surface area (Å²) in [6.07, 6.45) is 2.26. The third-order valence-corrected chi connectivity index (χ3v) is 3.37. The Morgan fingerprint density at radius 3 is 2.76 bits per heavy atom. The van der Waals surface area contributed by atoms with Gasteiger partial charge in [-0.3, -0.25) is 0 Å². The summed E-state index contributed by atoms with van der Waals surface area (Å²) in [6, 6.07) is 6.45. The van der Waals surface area contributed by atoms with E-state index in [4.69, 9.17) is 4.74 Å². The Kier molecular flexibility index (Phi) is 3.73. The van der Waals surface area contributed by atoms with Gasteiger partial charge in [0.05, 0.1) is 0 Å². The maximum absolute atomic E-state index is 13.3. The van der Waals surface area contributed by atoms with Crippen LogP contribution < -0.4 is 10.1 Å². The molecule has 1 aromatic carbocycles. The molecule has 1 heterocycles. The molecular weight excluding hydrogens is 269 g/mol. The van der Waals surface area contributed by atoms with Crippen LogP contribution in [0.3, 0.4) is 0 Å². The van der Waals surface area contributed by atoms with Gasteiger partial charge in [-0.25, -0.2) is 9.37 Å². The minimum absolute atomic E-state index is 0.239. The van der Waals surface area contributed by atoms with Crippen molar-refractivity contribution >= 4 is 5.82 Å². The Labute approximate surface area is 123 Å². The van der Waals surface area contributed by atoms with E-state index in [9.17, 15) is 4.39 Å². The molecule has 0 radical (unpaired) electrons. The summed E-state index contributed by atoms with van der Waals surface area (Å²) >= 11 is 0. The minimum atomic E-state index is -0.239. The standard InChI is InChI=1S/C16H18FN3O/c1-3-18-14-9-15(20-16(19-14)11-4-5-11)21-12-6-7-13(17)10(2)8-12/h6-9,11H,3-5H2,1-2H3,(H,18,19,20). The van der Waals surface area contributed by atoms with Crippen LogP contribution in [0.25, 0.3) is 0 Å². The van der Waals surface area contributed by atoms with Crippen molar-refractivity contribution < 1.29 is 9.13 Å². The lowest BCUT2D eigenvalue weighted by molar-refractivity contribution is 0.456. The first-order valence-corrected chi connectivity index (χ1v) is 7.22. The Morgan fingerprint density at radius 2 is 2.10 bits per heavy atom. The number of benzene rings is 1. The SMILES string of the molecule is CCNc1cc(Oc2ccc(F)c(C)c2)nc(C2CC2)n1. The lowest BCUT2D eigenvalue weighted by Gasteiger charge is -2.10. The van der Waals surface area contributed by atoms with Gasteiger partial charge in [0.15, 0.2) is 0 Å². The van der Waals surface area contributed by atoms with Crippen molar-refractivity contribution in [2.75, 3.05) is 11.9 Å². The van der Waals surface area contributed by atoms with Crippen molar-refractivity contribution in [2.24, 2.45) is 0 Å². The molecule has 1 fully saturated rings. The fourth-order valence-electron chi connectivity index (χ4n) is 2.09. The highest BCUT2D eigenvalue weighted by atomic mass is 19.1. The van der Waals surface area contributed by atoms with Gasteiger partial charge in [0.25, 0.3) is 0 Å². The second kappa shape index (κ2) is 5.68. The van der Waals surface area contributed by atoms with E-state index in [-0.39, 0.29) is 5.82 Å². The van der Waals surface area contributed by atoms with E-state index in [1.54, 1.807) is 25.1 Å². The number of rotatable bonds is 5. The van der Waals surface area contributed by atoms with Gasteiger partial charge in [-0.05, 0) is 50.5 Å². The molecular formula is C16H18FN3O. The number of nitrogens with zero attached hydrogens (tertiary/aromatic N) is 2. The van der Waals surface area contributed by atoms with Gasteiger partial charge in [0, 0.05) is 18.5 Å². The first-order valence-electron chi connectivity index (χ1n) is 7.22. The van der Waals surface area contributed by atoms with Crippen LogP contribution in [0, 0.1) is 12.7 Å². The number of ether oxygens (including phenoxy) is 1. The maximum Gasteiger partial charge on any atom is 0.224 e. The Hall–Kier alpha value is -2.17. The van der Waals surface area contributed by atoms with Gasteiger partial charge >= 0.3 is 0 Å². The third kappa shape index (κ3) is 3.29. The molecule has 1 aromatic heterocycles. The number of anilines is 1. The topological polar surface area (TPSA) is 47.0 Å². The zero-order chi connectivity index (χ0) is 14.8. The highest BCUT2D eigenvalue weighted by molar-refractivity contribution is 5.41. The molecule has 0 unspecified atom stereocenters. The van der Waals surface area contributed by atoms with Gasteiger partial charge < -0.3 is 10.1 Å². The van der Waals surface area contributed by atoms with Crippen LogP contribution in [-0.4, -0.2) is 16.5 Å². The van der Waals surface area contributed by atoms with E-state index in [2.05, 4.69) is 15.3 Å². The quantitative estimate of drug-likeness (QED) is 0.902. The second-order valence-corrected chi connectivity index (χ2v) is 5.27. The van der Waals surface area contributed by atoms with Crippen molar-refractivity contribution in [3.63, 3.8) is 0 Å². The Bertz CT molecular complexity index is 656. The van der Waals surface area contributed by atoms with Gasteiger partial charge in [0.1, 0.15) is 23.2 Å². The fourth-order valence-corrected chi connectivity index (χ4v) is 2.09. The minimum Gasteiger partial charge on any atom is -0.439 e. The molecule has 110 valence electrons. The van der Waals surface area contributed by atoms with Crippen LogP contribution in [0.4, 0.5) is 10.2 Å². The van der Waals surface area contributed by atoms with E-state index >= 15 is 0 Å². The van der Waals surface area contributed by atoms with Crippen molar-refractivity contribution in [3.05, 3.63) is 41.5 Å². The number of halogens is 1. The smallest absolute Gasteiger partial charge is 0.224 e. The normalized spacial score (nSPS) is 14.0. The summed E-state index contributed by atoms with van der Waals surface area (Å²) in [6.45, 7) is 4.51. The molecule has 1 saturated carbocycles. The molecule has 0 atom stereocenters. The van der Waals surface area contributed by atoms with E-state index in [0.29, 0.717) is 23.1 Å². The van der Waals surface area contributed by atoms with E-state index in [1.807, 2.05) is 6.92 Å². The largest absolute Gasteiger partial charge is 0.439 e. The molecule has 0 saturated heterocycles. The molecule has 1 aliphatic rings. The molecule has 1 aliphatic carbocycles. The molecule has 4 nitrogen and oxygen atoms in total. The van der Waals surface area contributed by atoms with Gasteiger partial charge in [-0.15, -0.1) is 0 Å². The predicted molar refractivity (Wildman–Crippen MR) is 79.4 cm³/mol. The number of aromatic nitrogens is 2. The molecule has 5 heteroatoms. The number of hydrogen-bond donors (Lipinski definition) is 1. The fraction of sp³-hybridized carbons (Fsp3) is 0.375. The average Bonchev–Trinajstić information content (AvgIpc) is 3.28. The lowest BCUT2D eigenvalue weighted by atomic mass is 10.2. The van der Waals surface area contributed by atoms with Crippen LogP contribution in [-0.2, 0) is 0 Å². The van der Waals surface area contributed by atoms with Crippen LogP contribution in [0.2, 0.25) is 0 Å². The molecule has 21 heavy (non-hydrogen) atoms. The van der Waals surface area contributed by atoms with Crippen molar-refractivity contribution in [2.45, 2.75) is 32.6 Å². The molecule has 0 bridgehead atoms. The third-order valence-electron chi connectivity index (χ3n) is 3.37. The summed E-state index contributed by atoms with van der Waals surface area (Å²) in [7, 11) is 0. The molecule has 0 amide bonds. The van der Waals surface area contributed by atoms with Crippen LogP contribution >= 0.6 is 0 Å². The zero-order valence-corrected chi connectivity index (χ0v) is 12.2. The summed E-state index contributed by atoms with van der Waals surface area (Å²) in [5.41, 5.74) is 0.552. The van der Waals surface area contributed by atoms with E-state index in [0.717, 1.165) is 31.0 Å². The Morgan fingerprint density at radius 1 is 1.29 bits per heavy atom. The van der Waals surface area contributed by atoms with E-state index in [1.165, 1.54) is 6.07 Å². The molecule has 0 aliphatic heterocycles. The highest BCUT2D eigenvalue weighted by Gasteiger charge is 2.27. The number of hydrogen-bond acceptors (Lipinski definition) is 4. The van der Waals surface area contributed by atoms with Crippen LogP contribution in [0.1, 0.15) is 37.1 Å². The molecule has 2 aromatic rings. The summed E-state index contributed by atoms with van der Waals surface area (Å²) in [4.78, 5) is 8.95. The van der Waals surface area contributed by atoms with Gasteiger partial charge in [-0.2, -0.15) is 4.98 Å². The summed E-state index contributed by atoms with van der Waals surface area (Å²) < 4.78 is 19.1. The van der Waals surface area contributed by atoms with Crippen molar-refractivity contribution in [3.8, 4) is 11.6 Å². The first kappa shape index (κ1) is 13.8. The zero-order valence-electron chi connectivity index (χ0n) is 12.2. The van der Waals surface area contributed by atoms with Gasteiger partial charge in [-0.1, -0.05) is 0 Å². The average molecular weight is 287 g/mol. The second-order valence-electron chi connectivity index (χ2n) is 5.27. The number of nitrogens with one attached hydrogen (secondary N) is 1. The molecule has 1 N–H and O–H groups in total. The van der Waals surface area contributed by atoms with Crippen LogP contribution in [0.5, 0.6) is 11.6 Å².